The molecule has 3 rings (SSSR count). The predicted molar refractivity (Wildman–Crippen MR) is 110 cm³/mol. The molecule has 166 valence electrons. The van der Waals surface area contributed by atoms with Crippen molar-refractivity contribution in [1.29, 1.82) is 0 Å². The van der Waals surface area contributed by atoms with E-state index in [0.717, 1.165) is 16.9 Å². The Labute approximate surface area is 180 Å². The van der Waals surface area contributed by atoms with Crippen LogP contribution >= 0.6 is 0 Å². The Morgan fingerprint density at radius 2 is 1.69 bits per heavy atom. The SMILES string of the molecule is COc1ccc(Oc2cc(NC(=O)Cn3cc([N+](=O)[O-])c(OC)n3)cc([N+](=O)[O-])c2)cc1. The fourth-order valence-electron chi connectivity index (χ4n) is 2.69. The molecule has 0 aliphatic heterocycles. The lowest BCUT2D eigenvalue weighted by Crippen LogP contribution is -2.19. The van der Waals surface area contributed by atoms with Gasteiger partial charge in [0.15, 0.2) is 0 Å². The first kappa shape index (κ1) is 22.0. The maximum atomic E-state index is 12.4. The first-order chi connectivity index (χ1) is 15.3. The van der Waals surface area contributed by atoms with Crippen LogP contribution in [0.4, 0.5) is 17.1 Å². The van der Waals surface area contributed by atoms with E-state index in [1.165, 1.54) is 26.4 Å². The molecule has 0 spiro atoms. The van der Waals surface area contributed by atoms with E-state index in [-0.39, 0.29) is 29.5 Å². The zero-order valence-electron chi connectivity index (χ0n) is 16.9. The molecular weight excluding hydrogens is 426 g/mol. The van der Waals surface area contributed by atoms with Gasteiger partial charge in [-0.15, -0.1) is 5.10 Å². The van der Waals surface area contributed by atoms with Crippen molar-refractivity contribution in [2.45, 2.75) is 6.54 Å². The molecule has 0 saturated heterocycles. The number of non-ortho nitro benzene ring substituents is 1. The third kappa shape index (κ3) is 5.27. The number of methoxy groups -OCH3 is 2. The second kappa shape index (κ2) is 9.42. The number of hydrogen-bond donors (Lipinski definition) is 1. The monoisotopic (exact) mass is 443 g/mol. The lowest BCUT2D eigenvalue weighted by molar-refractivity contribution is -0.385. The summed E-state index contributed by atoms with van der Waals surface area (Å²) in [5.41, 5.74) is -0.602. The summed E-state index contributed by atoms with van der Waals surface area (Å²) in [5, 5.41) is 28.6. The number of benzene rings is 2. The Bertz CT molecular complexity index is 1160. The molecule has 0 bridgehead atoms. The minimum atomic E-state index is -0.691. The molecule has 1 N–H and O–H groups in total. The minimum Gasteiger partial charge on any atom is -0.497 e. The van der Waals surface area contributed by atoms with Crippen LogP contribution in [0.3, 0.4) is 0 Å². The quantitative estimate of drug-likeness (QED) is 0.387. The van der Waals surface area contributed by atoms with Crippen molar-refractivity contribution >= 4 is 23.0 Å². The van der Waals surface area contributed by atoms with Crippen molar-refractivity contribution in [3.8, 4) is 23.1 Å². The highest BCUT2D eigenvalue weighted by molar-refractivity contribution is 5.91. The zero-order valence-corrected chi connectivity index (χ0v) is 16.9. The molecule has 0 aliphatic rings. The van der Waals surface area contributed by atoms with Gasteiger partial charge in [0, 0.05) is 12.1 Å². The Hall–Kier alpha value is -4.68. The van der Waals surface area contributed by atoms with Crippen LogP contribution < -0.4 is 19.5 Å². The fraction of sp³-hybridized carbons (Fsp3) is 0.158. The molecule has 2 aromatic carbocycles. The van der Waals surface area contributed by atoms with Crippen molar-refractivity contribution in [2.24, 2.45) is 0 Å². The summed E-state index contributed by atoms with van der Waals surface area (Å²) < 4.78 is 16.6. The largest absolute Gasteiger partial charge is 0.497 e. The van der Waals surface area contributed by atoms with Gasteiger partial charge in [0.1, 0.15) is 30.0 Å². The normalized spacial score (nSPS) is 10.3. The number of amides is 1. The van der Waals surface area contributed by atoms with Crippen LogP contribution in [-0.4, -0.2) is 39.8 Å². The second-order valence-corrected chi connectivity index (χ2v) is 6.28. The van der Waals surface area contributed by atoms with Crippen molar-refractivity contribution in [3.63, 3.8) is 0 Å². The van der Waals surface area contributed by atoms with Gasteiger partial charge in [-0.3, -0.25) is 29.7 Å². The number of carbonyl (C=O) groups excluding carboxylic acids is 1. The maximum absolute atomic E-state index is 12.4. The second-order valence-electron chi connectivity index (χ2n) is 6.28. The predicted octanol–water partition coefficient (Wildman–Crippen LogP) is 3.15. The van der Waals surface area contributed by atoms with Gasteiger partial charge in [-0.05, 0) is 24.3 Å². The number of rotatable bonds is 9. The van der Waals surface area contributed by atoms with E-state index in [4.69, 9.17) is 14.2 Å². The summed E-state index contributed by atoms with van der Waals surface area (Å²) in [6.07, 6.45) is 1.05. The van der Waals surface area contributed by atoms with Crippen LogP contribution in [0.1, 0.15) is 0 Å². The first-order valence-electron chi connectivity index (χ1n) is 8.96. The maximum Gasteiger partial charge on any atom is 0.350 e. The number of hydrogen-bond acceptors (Lipinski definition) is 9. The number of anilines is 1. The van der Waals surface area contributed by atoms with Crippen LogP contribution in [0.5, 0.6) is 23.1 Å². The van der Waals surface area contributed by atoms with Crippen LogP contribution in [0.2, 0.25) is 0 Å². The highest BCUT2D eigenvalue weighted by Crippen LogP contribution is 2.30. The zero-order chi connectivity index (χ0) is 23.3. The van der Waals surface area contributed by atoms with E-state index in [1.54, 1.807) is 24.3 Å². The number of ether oxygens (including phenoxy) is 3. The highest BCUT2D eigenvalue weighted by atomic mass is 16.6. The molecule has 1 aromatic heterocycles. The molecule has 3 aromatic rings. The standard InChI is InChI=1S/C19H17N5O8/c1-30-14-3-5-15(6-4-14)32-16-8-12(7-13(9-16)23(26)27)20-18(25)11-22-10-17(24(28)29)19(21-22)31-2/h3-10H,11H2,1-2H3,(H,20,25). The van der Waals surface area contributed by atoms with E-state index in [9.17, 15) is 25.0 Å². The number of nitro groups is 2. The summed E-state index contributed by atoms with van der Waals surface area (Å²) in [4.78, 5) is 33.3. The van der Waals surface area contributed by atoms with E-state index in [0.29, 0.717) is 11.5 Å². The molecule has 0 atom stereocenters. The molecule has 0 unspecified atom stereocenters. The average Bonchev–Trinajstić information content (AvgIpc) is 3.17. The van der Waals surface area contributed by atoms with Crippen molar-refractivity contribution in [2.75, 3.05) is 19.5 Å². The van der Waals surface area contributed by atoms with Crippen LogP contribution in [-0.2, 0) is 11.3 Å². The summed E-state index contributed by atoms with van der Waals surface area (Å²) in [5.74, 6) is 0.268. The molecule has 13 heteroatoms. The van der Waals surface area contributed by atoms with E-state index in [1.807, 2.05) is 0 Å². The van der Waals surface area contributed by atoms with Gasteiger partial charge < -0.3 is 19.5 Å². The smallest absolute Gasteiger partial charge is 0.350 e. The number of nitro benzene ring substituents is 1. The Morgan fingerprint density at radius 1 is 1.00 bits per heavy atom. The summed E-state index contributed by atoms with van der Waals surface area (Å²) in [7, 11) is 2.73. The number of nitrogens with one attached hydrogen (secondary N) is 1. The Kier molecular flexibility index (Phi) is 6.48. The first-order valence-corrected chi connectivity index (χ1v) is 8.96. The van der Waals surface area contributed by atoms with Gasteiger partial charge in [0.25, 0.3) is 5.69 Å². The lowest BCUT2D eigenvalue weighted by atomic mass is 10.2. The van der Waals surface area contributed by atoms with Crippen LogP contribution in [0.25, 0.3) is 0 Å². The topological polar surface area (TPSA) is 161 Å². The summed E-state index contributed by atoms with van der Waals surface area (Å²) in [6.45, 7) is -0.387. The van der Waals surface area contributed by atoms with E-state index in [2.05, 4.69) is 10.4 Å². The van der Waals surface area contributed by atoms with E-state index >= 15 is 0 Å². The van der Waals surface area contributed by atoms with E-state index < -0.39 is 21.4 Å². The van der Waals surface area contributed by atoms with Gasteiger partial charge in [-0.25, -0.2) is 0 Å². The molecule has 0 radical (unpaired) electrons. The number of nitrogens with zero attached hydrogens (tertiary/aromatic N) is 4. The van der Waals surface area contributed by atoms with Crippen LogP contribution in [0.15, 0.2) is 48.7 Å². The third-order valence-electron chi connectivity index (χ3n) is 4.09. The summed E-state index contributed by atoms with van der Waals surface area (Å²) in [6, 6.07) is 10.3. The van der Waals surface area contributed by atoms with Gasteiger partial charge in [-0.1, -0.05) is 0 Å². The van der Waals surface area contributed by atoms with Gasteiger partial charge >= 0.3 is 11.6 Å². The van der Waals surface area contributed by atoms with Gasteiger partial charge in [-0.2, -0.15) is 0 Å². The van der Waals surface area contributed by atoms with Crippen molar-refractivity contribution in [3.05, 3.63) is 68.9 Å². The Balaban J connectivity index is 1.78. The lowest BCUT2D eigenvalue weighted by Gasteiger charge is -2.10. The van der Waals surface area contributed by atoms with Gasteiger partial charge in [0.2, 0.25) is 5.91 Å². The molecule has 1 amide bonds. The molecular formula is C19H17N5O8. The minimum absolute atomic E-state index is 0.0985. The molecule has 32 heavy (non-hydrogen) atoms. The third-order valence-corrected chi connectivity index (χ3v) is 4.09. The molecule has 13 nitrogen and oxygen atoms in total. The fourth-order valence-corrected chi connectivity index (χ4v) is 2.69. The molecule has 0 aliphatic carbocycles. The molecule has 1 heterocycles. The Morgan fingerprint density at radius 3 is 2.25 bits per heavy atom. The van der Waals surface area contributed by atoms with Crippen molar-refractivity contribution < 1.29 is 28.9 Å². The molecule has 0 saturated carbocycles. The number of aromatic nitrogens is 2. The highest BCUT2D eigenvalue weighted by Gasteiger charge is 2.21. The average molecular weight is 443 g/mol. The molecule has 0 fully saturated rings. The summed E-state index contributed by atoms with van der Waals surface area (Å²) >= 11 is 0. The van der Waals surface area contributed by atoms with Gasteiger partial charge in [0.05, 0.1) is 35.8 Å². The number of carbonyl (C=O) groups is 1. The van der Waals surface area contributed by atoms with Crippen molar-refractivity contribution in [1.82, 2.24) is 9.78 Å². The van der Waals surface area contributed by atoms with Crippen LogP contribution in [0, 0.1) is 20.2 Å².